The molecule has 2 aromatic carbocycles. The number of hydrogen-bond donors (Lipinski definition) is 0. The summed E-state index contributed by atoms with van der Waals surface area (Å²) >= 11 is 0. The number of Topliss-reactive ketones (excluding diaryl/α,β-unsaturated/α-hetero) is 1. The molecule has 7 heteroatoms. The third-order valence-corrected chi connectivity index (χ3v) is 5.11. The van der Waals surface area contributed by atoms with E-state index in [1.54, 1.807) is 30.6 Å². The van der Waals surface area contributed by atoms with E-state index >= 15 is 0 Å². The summed E-state index contributed by atoms with van der Waals surface area (Å²) in [6, 6.07) is 10.0. The van der Waals surface area contributed by atoms with E-state index in [2.05, 4.69) is 4.98 Å². The molecule has 5 rings (SSSR count). The van der Waals surface area contributed by atoms with Crippen LogP contribution in [0.2, 0.25) is 0 Å². The molecule has 0 spiro atoms. The van der Waals surface area contributed by atoms with Crippen LogP contribution in [0.1, 0.15) is 39.4 Å². The van der Waals surface area contributed by atoms with Crippen molar-refractivity contribution < 1.29 is 27.8 Å². The van der Waals surface area contributed by atoms with Crippen LogP contribution in [0, 0.1) is 11.6 Å². The summed E-state index contributed by atoms with van der Waals surface area (Å²) < 4.78 is 38.5. The van der Waals surface area contributed by atoms with E-state index in [9.17, 15) is 18.4 Å². The Morgan fingerprint density at radius 2 is 1.90 bits per heavy atom. The maximum absolute atomic E-state index is 13.9. The molecular weight excluding hydrogens is 392 g/mol. The number of ether oxygens (including phenoxy) is 2. The molecule has 0 N–H and O–H groups in total. The number of benzene rings is 2. The Morgan fingerprint density at radius 1 is 1.03 bits per heavy atom. The van der Waals surface area contributed by atoms with Crippen molar-refractivity contribution in [3.63, 3.8) is 0 Å². The van der Waals surface area contributed by atoms with Gasteiger partial charge in [0.1, 0.15) is 11.5 Å². The highest BCUT2D eigenvalue weighted by molar-refractivity contribution is 6.15. The van der Waals surface area contributed by atoms with Gasteiger partial charge in [-0.1, -0.05) is 12.1 Å². The Bertz CT molecular complexity index is 1240. The first-order valence-electron chi connectivity index (χ1n) is 9.18. The van der Waals surface area contributed by atoms with Crippen LogP contribution in [-0.2, 0) is 4.79 Å². The number of hydrogen-bond acceptors (Lipinski definition) is 5. The van der Waals surface area contributed by atoms with Crippen molar-refractivity contribution in [2.75, 3.05) is 0 Å². The summed E-state index contributed by atoms with van der Waals surface area (Å²) in [5.41, 5.74) is 1.85. The van der Waals surface area contributed by atoms with Crippen molar-refractivity contribution in [2.45, 2.75) is 12.3 Å². The molecular formula is C23H13F2NO4. The van der Waals surface area contributed by atoms with E-state index in [4.69, 9.17) is 9.47 Å². The van der Waals surface area contributed by atoms with Crippen molar-refractivity contribution in [1.29, 1.82) is 0 Å². The third-order valence-electron chi connectivity index (χ3n) is 5.11. The maximum atomic E-state index is 13.9. The van der Waals surface area contributed by atoms with E-state index in [-0.39, 0.29) is 29.5 Å². The standard InChI is InChI=1S/C23H13F2NO4/c24-16-5-3-13(9-17(16)25)15-10-20(27)29-18-6-4-14-22(28)19(30-23(14)21(15)18)8-12-2-1-7-26-11-12/h1-9,11,15H,10H2/b19-8-/t15-/m1/s1. The van der Waals surface area contributed by atoms with E-state index in [0.717, 1.165) is 12.1 Å². The number of carbonyl (C=O) groups excluding carboxylic acids is 2. The van der Waals surface area contributed by atoms with Crippen molar-refractivity contribution in [3.8, 4) is 11.5 Å². The largest absolute Gasteiger partial charge is 0.452 e. The number of aromatic nitrogens is 1. The van der Waals surface area contributed by atoms with Gasteiger partial charge in [0.05, 0.1) is 12.0 Å². The third kappa shape index (κ3) is 2.95. The van der Waals surface area contributed by atoms with Gasteiger partial charge in [-0.05, 0) is 47.5 Å². The zero-order chi connectivity index (χ0) is 20.8. The van der Waals surface area contributed by atoms with Crippen LogP contribution < -0.4 is 9.47 Å². The summed E-state index contributed by atoms with van der Waals surface area (Å²) in [5, 5.41) is 0. The highest BCUT2D eigenvalue weighted by Gasteiger charge is 2.38. The highest BCUT2D eigenvalue weighted by Crippen LogP contribution is 2.49. The van der Waals surface area contributed by atoms with Gasteiger partial charge >= 0.3 is 5.97 Å². The fourth-order valence-electron chi connectivity index (χ4n) is 3.73. The van der Waals surface area contributed by atoms with E-state index < -0.39 is 23.5 Å². The minimum Gasteiger partial charge on any atom is -0.452 e. The number of fused-ring (bicyclic) bond motifs is 3. The molecule has 3 aromatic rings. The molecule has 0 bridgehead atoms. The second-order valence-corrected chi connectivity index (χ2v) is 6.98. The van der Waals surface area contributed by atoms with Crippen molar-refractivity contribution in [2.24, 2.45) is 0 Å². The number of nitrogens with zero attached hydrogens (tertiary/aromatic N) is 1. The van der Waals surface area contributed by atoms with Gasteiger partial charge < -0.3 is 9.47 Å². The molecule has 0 aliphatic carbocycles. The molecule has 0 amide bonds. The first-order chi connectivity index (χ1) is 14.5. The number of pyridine rings is 1. The van der Waals surface area contributed by atoms with Gasteiger partial charge in [-0.3, -0.25) is 14.6 Å². The summed E-state index contributed by atoms with van der Waals surface area (Å²) in [6.07, 6.45) is 4.69. The van der Waals surface area contributed by atoms with Crippen LogP contribution in [-0.4, -0.2) is 16.7 Å². The Hall–Kier alpha value is -3.87. The number of rotatable bonds is 2. The summed E-state index contributed by atoms with van der Waals surface area (Å²) in [5.74, 6) is -2.88. The van der Waals surface area contributed by atoms with Gasteiger partial charge in [-0.25, -0.2) is 8.78 Å². The molecule has 0 unspecified atom stereocenters. The summed E-state index contributed by atoms with van der Waals surface area (Å²) in [4.78, 5) is 29.0. The molecule has 3 heterocycles. The molecule has 30 heavy (non-hydrogen) atoms. The molecule has 1 atom stereocenters. The van der Waals surface area contributed by atoms with Gasteiger partial charge in [-0.15, -0.1) is 0 Å². The predicted octanol–water partition coefficient (Wildman–Crippen LogP) is 4.42. The number of allylic oxidation sites excluding steroid dienone is 1. The molecule has 0 saturated carbocycles. The maximum Gasteiger partial charge on any atom is 0.312 e. The summed E-state index contributed by atoms with van der Waals surface area (Å²) in [6.45, 7) is 0. The number of ketones is 1. The molecule has 0 fully saturated rings. The van der Waals surface area contributed by atoms with Gasteiger partial charge in [0, 0.05) is 23.9 Å². The normalized spacial score (nSPS) is 18.6. The lowest BCUT2D eigenvalue weighted by Crippen LogP contribution is -2.21. The van der Waals surface area contributed by atoms with Crippen molar-refractivity contribution in [1.82, 2.24) is 4.98 Å². The smallest absolute Gasteiger partial charge is 0.312 e. The Labute approximate surface area is 169 Å². The van der Waals surface area contributed by atoms with Crippen LogP contribution >= 0.6 is 0 Å². The van der Waals surface area contributed by atoms with E-state index in [1.807, 2.05) is 0 Å². The molecule has 5 nitrogen and oxygen atoms in total. The second kappa shape index (κ2) is 6.88. The molecule has 148 valence electrons. The topological polar surface area (TPSA) is 65.5 Å². The molecule has 1 aromatic heterocycles. The molecule has 2 aliphatic rings. The lowest BCUT2D eigenvalue weighted by molar-refractivity contribution is -0.135. The second-order valence-electron chi connectivity index (χ2n) is 6.98. The predicted molar refractivity (Wildman–Crippen MR) is 102 cm³/mol. The number of esters is 1. The molecule has 0 radical (unpaired) electrons. The zero-order valence-corrected chi connectivity index (χ0v) is 15.4. The van der Waals surface area contributed by atoms with Crippen molar-refractivity contribution in [3.05, 3.63) is 94.5 Å². The monoisotopic (exact) mass is 405 g/mol. The van der Waals surface area contributed by atoms with Crippen LogP contribution in [0.15, 0.2) is 60.6 Å². The number of halogens is 2. The van der Waals surface area contributed by atoms with Gasteiger partial charge in [0.25, 0.3) is 0 Å². The fraction of sp³-hybridized carbons (Fsp3) is 0.0870. The first-order valence-corrected chi connectivity index (χ1v) is 9.18. The number of carbonyl (C=O) groups is 2. The summed E-state index contributed by atoms with van der Waals surface area (Å²) in [7, 11) is 0. The van der Waals surface area contributed by atoms with Gasteiger partial charge in [-0.2, -0.15) is 0 Å². The quantitative estimate of drug-likeness (QED) is 0.359. The van der Waals surface area contributed by atoms with Gasteiger partial charge in [0.15, 0.2) is 17.4 Å². The fourth-order valence-corrected chi connectivity index (χ4v) is 3.73. The molecule has 0 saturated heterocycles. The average Bonchev–Trinajstić information content (AvgIpc) is 3.05. The van der Waals surface area contributed by atoms with E-state index in [0.29, 0.717) is 22.3 Å². The lowest BCUT2D eigenvalue weighted by Gasteiger charge is -2.26. The van der Waals surface area contributed by atoms with Crippen LogP contribution in [0.5, 0.6) is 11.5 Å². The van der Waals surface area contributed by atoms with Crippen molar-refractivity contribution >= 4 is 17.8 Å². The SMILES string of the molecule is O=C1C[C@H](c2ccc(F)c(F)c2)c2c(ccc3c2O/C(=C\c2cccnc2)C3=O)O1. The highest BCUT2D eigenvalue weighted by atomic mass is 19.2. The zero-order valence-electron chi connectivity index (χ0n) is 15.4. The minimum absolute atomic E-state index is 0.0896. The average molecular weight is 405 g/mol. The van der Waals surface area contributed by atoms with Gasteiger partial charge in [0.2, 0.25) is 5.78 Å². The Kier molecular flexibility index (Phi) is 4.17. The Morgan fingerprint density at radius 3 is 2.67 bits per heavy atom. The van der Waals surface area contributed by atoms with Crippen LogP contribution in [0.3, 0.4) is 0 Å². The lowest BCUT2D eigenvalue weighted by atomic mass is 9.84. The molecule has 2 aliphatic heterocycles. The Balaban J connectivity index is 1.63. The first kappa shape index (κ1) is 18.2. The minimum atomic E-state index is -1.02. The van der Waals surface area contributed by atoms with Crippen LogP contribution in [0.4, 0.5) is 8.78 Å². The van der Waals surface area contributed by atoms with E-state index in [1.165, 1.54) is 18.2 Å². The van der Waals surface area contributed by atoms with Crippen LogP contribution in [0.25, 0.3) is 6.08 Å².